The minimum absolute atomic E-state index is 0. The maximum atomic E-state index is 12.0. The van der Waals surface area contributed by atoms with E-state index < -0.39 is 0 Å². The predicted octanol–water partition coefficient (Wildman–Crippen LogP) is 3.03. The molecule has 0 fully saturated rings. The van der Waals surface area contributed by atoms with Gasteiger partial charge in [0, 0.05) is 30.1 Å². The zero-order valence-corrected chi connectivity index (χ0v) is 14.4. The fourth-order valence-corrected chi connectivity index (χ4v) is 1.59. The summed E-state index contributed by atoms with van der Waals surface area (Å²) in [5.74, 6) is 0.572. The first-order valence-corrected chi connectivity index (χ1v) is 6.68. The Kier molecular flexibility index (Phi) is 9.17. The third-order valence-corrected chi connectivity index (χ3v) is 3.07. The molecule has 0 aliphatic carbocycles. The fraction of sp³-hybridized carbons (Fsp3) is 0.267. The Bertz CT molecular complexity index is 611. The highest BCUT2D eigenvalue weighted by Gasteiger charge is 2.17. The van der Waals surface area contributed by atoms with E-state index in [0.717, 1.165) is 0 Å². The number of rotatable bonds is 5. The maximum absolute atomic E-state index is 12.0. The third-order valence-electron chi connectivity index (χ3n) is 3.07. The molecule has 23 heavy (non-hydrogen) atoms. The Morgan fingerprint density at radius 2 is 1.96 bits per heavy atom. The second-order valence-corrected chi connectivity index (χ2v) is 4.83. The van der Waals surface area contributed by atoms with Gasteiger partial charge in [0.1, 0.15) is 5.75 Å². The summed E-state index contributed by atoms with van der Waals surface area (Å²) in [4.78, 5) is 12.0. The first kappa shape index (κ1) is 21.1. The molecule has 2 aromatic rings. The van der Waals surface area contributed by atoms with E-state index >= 15 is 0 Å². The number of carbonyl (C=O) groups excluding carboxylic acids is 1. The summed E-state index contributed by atoms with van der Waals surface area (Å²) in [6, 6.07) is 10.3. The van der Waals surface area contributed by atoms with Crippen LogP contribution in [0.25, 0.3) is 0 Å². The fourth-order valence-electron chi connectivity index (χ4n) is 1.59. The molecular formula is C15H20Cl2N4O2. The van der Waals surface area contributed by atoms with Gasteiger partial charge >= 0.3 is 0 Å². The number of anilines is 1. The lowest BCUT2D eigenvalue weighted by molar-refractivity contribution is -0.119. The molecular weight excluding hydrogens is 339 g/mol. The van der Waals surface area contributed by atoms with Crippen LogP contribution >= 0.6 is 24.8 Å². The van der Waals surface area contributed by atoms with Crippen LogP contribution in [-0.2, 0) is 4.79 Å². The van der Waals surface area contributed by atoms with Gasteiger partial charge in [-0.15, -0.1) is 29.9 Å². The summed E-state index contributed by atoms with van der Waals surface area (Å²) in [6.45, 7) is 3.60. The third kappa shape index (κ3) is 6.40. The van der Waals surface area contributed by atoms with Crippen LogP contribution in [0.4, 0.5) is 5.69 Å². The van der Waals surface area contributed by atoms with Gasteiger partial charge in [0.05, 0.1) is 5.92 Å². The van der Waals surface area contributed by atoms with Crippen molar-refractivity contribution in [2.45, 2.75) is 19.9 Å². The number of carbonyl (C=O) groups is 1. The van der Waals surface area contributed by atoms with E-state index in [9.17, 15) is 4.79 Å². The molecule has 0 saturated heterocycles. The topological polar surface area (TPSA) is 90.1 Å². The number of benzene rings is 1. The van der Waals surface area contributed by atoms with Crippen LogP contribution in [-0.4, -0.2) is 22.1 Å². The summed E-state index contributed by atoms with van der Waals surface area (Å²) in [7, 11) is 0. The number of hydrogen-bond donors (Lipinski definition) is 2. The lowest BCUT2D eigenvalue weighted by atomic mass is 10.0. The lowest BCUT2D eigenvalue weighted by Gasteiger charge is -2.15. The number of ether oxygens (including phenoxy) is 1. The number of nitrogens with zero attached hydrogens (tertiary/aromatic N) is 2. The standard InChI is InChI=1S/C15H18N4O2.2ClH/c1-10(11(2)16)15(20)18-12-5-3-6-13(9-12)21-14-7-4-8-17-19-14;;/h3-11H,16H2,1-2H3,(H,18,20);2*1H. The van der Waals surface area contributed by atoms with Gasteiger partial charge in [-0.3, -0.25) is 4.79 Å². The average Bonchev–Trinajstić information content (AvgIpc) is 2.47. The Balaban J connectivity index is 0.00000242. The molecule has 1 aromatic carbocycles. The van der Waals surface area contributed by atoms with Crippen molar-refractivity contribution < 1.29 is 9.53 Å². The van der Waals surface area contributed by atoms with Crippen LogP contribution in [0.1, 0.15) is 13.8 Å². The molecule has 1 aromatic heterocycles. The molecule has 126 valence electrons. The van der Waals surface area contributed by atoms with Crippen LogP contribution < -0.4 is 15.8 Å². The van der Waals surface area contributed by atoms with Crippen molar-refractivity contribution in [2.75, 3.05) is 5.32 Å². The summed E-state index contributed by atoms with van der Waals surface area (Å²) in [5.41, 5.74) is 6.37. The van der Waals surface area contributed by atoms with Gasteiger partial charge in [0.25, 0.3) is 0 Å². The van der Waals surface area contributed by atoms with Crippen LogP contribution in [0.5, 0.6) is 11.6 Å². The Morgan fingerprint density at radius 1 is 1.22 bits per heavy atom. The molecule has 0 bridgehead atoms. The molecule has 3 N–H and O–H groups in total. The molecule has 2 rings (SSSR count). The normalized spacial score (nSPS) is 12.1. The maximum Gasteiger partial charge on any atom is 0.238 e. The smallest absolute Gasteiger partial charge is 0.238 e. The lowest BCUT2D eigenvalue weighted by Crippen LogP contribution is -2.34. The second-order valence-electron chi connectivity index (χ2n) is 4.83. The van der Waals surface area contributed by atoms with Gasteiger partial charge in [-0.1, -0.05) is 13.0 Å². The molecule has 8 heteroatoms. The predicted molar refractivity (Wildman–Crippen MR) is 94.5 cm³/mol. The quantitative estimate of drug-likeness (QED) is 0.856. The Morgan fingerprint density at radius 3 is 2.57 bits per heavy atom. The monoisotopic (exact) mass is 358 g/mol. The first-order chi connectivity index (χ1) is 10.1. The highest BCUT2D eigenvalue weighted by Crippen LogP contribution is 2.22. The second kappa shape index (κ2) is 9.99. The number of hydrogen-bond acceptors (Lipinski definition) is 5. The molecule has 1 heterocycles. The SMILES string of the molecule is CC(N)C(C)C(=O)Nc1cccc(Oc2cccnn2)c1.Cl.Cl. The Labute approximate surface area is 147 Å². The molecule has 0 aliphatic heterocycles. The van der Waals surface area contributed by atoms with Crippen LogP contribution in [0.2, 0.25) is 0 Å². The molecule has 0 spiro atoms. The van der Waals surface area contributed by atoms with Gasteiger partial charge < -0.3 is 15.8 Å². The number of nitrogens with one attached hydrogen (secondary N) is 1. The zero-order valence-electron chi connectivity index (χ0n) is 12.8. The zero-order chi connectivity index (χ0) is 15.2. The van der Waals surface area contributed by atoms with E-state index in [1.807, 2.05) is 0 Å². The number of halogens is 2. The summed E-state index contributed by atoms with van der Waals surface area (Å²) in [6.07, 6.45) is 1.57. The van der Waals surface area contributed by atoms with Crippen molar-refractivity contribution in [2.24, 2.45) is 11.7 Å². The number of amides is 1. The van der Waals surface area contributed by atoms with E-state index in [1.54, 1.807) is 56.4 Å². The van der Waals surface area contributed by atoms with Crippen molar-refractivity contribution in [3.63, 3.8) is 0 Å². The molecule has 0 aliphatic rings. The summed E-state index contributed by atoms with van der Waals surface area (Å²) >= 11 is 0. The van der Waals surface area contributed by atoms with Gasteiger partial charge in [-0.2, -0.15) is 5.10 Å². The van der Waals surface area contributed by atoms with E-state index in [-0.39, 0.29) is 42.7 Å². The van der Waals surface area contributed by atoms with E-state index in [1.165, 1.54) is 0 Å². The molecule has 2 unspecified atom stereocenters. The van der Waals surface area contributed by atoms with Gasteiger partial charge in [0.15, 0.2) is 0 Å². The summed E-state index contributed by atoms with van der Waals surface area (Å²) < 4.78 is 5.56. The van der Waals surface area contributed by atoms with E-state index in [0.29, 0.717) is 17.3 Å². The highest BCUT2D eigenvalue weighted by atomic mass is 35.5. The Hall–Kier alpha value is -1.89. The molecule has 0 radical (unpaired) electrons. The van der Waals surface area contributed by atoms with Crippen molar-refractivity contribution >= 4 is 36.4 Å². The van der Waals surface area contributed by atoms with Crippen molar-refractivity contribution in [1.29, 1.82) is 0 Å². The van der Waals surface area contributed by atoms with Gasteiger partial charge in [-0.25, -0.2) is 0 Å². The van der Waals surface area contributed by atoms with Gasteiger partial charge in [0.2, 0.25) is 11.8 Å². The van der Waals surface area contributed by atoms with Crippen LogP contribution in [0.15, 0.2) is 42.6 Å². The van der Waals surface area contributed by atoms with Crippen molar-refractivity contribution in [3.05, 3.63) is 42.6 Å². The molecule has 0 saturated carbocycles. The number of nitrogens with two attached hydrogens (primary N) is 1. The van der Waals surface area contributed by atoms with Crippen LogP contribution in [0, 0.1) is 5.92 Å². The largest absolute Gasteiger partial charge is 0.437 e. The van der Waals surface area contributed by atoms with Crippen LogP contribution in [0.3, 0.4) is 0 Å². The minimum Gasteiger partial charge on any atom is -0.437 e. The first-order valence-electron chi connectivity index (χ1n) is 6.68. The molecule has 1 amide bonds. The summed E-state index contributed by atoms with van der Waals surface area (Å²) in [5, 5.41) is 10.4. The van der Waals surface area contributed by atoms with E-state index in [2.05, 4.69) is 15.5 Å². The molecule has 6 nitrogen and oxygen atoms in total. The highest BCUT2D eigenvalue weighted by molar-refractivity contribution is 5.92. The van der Waals surface area contributed by atoms with Crippen molar-refractivity contribution in [1.82, 2.24) is 10.2 Å². The number of aromatic nitrogens is 2. The van der Waals surface area contributed by atoms with Crippen molar-refractivity contribution in [3.8, 4) is 11.6 Å². The molecule has 2 atom stereocenters. The average molecular weight is 359 g/mol. The minimum atomic E-state index is -0.269. The van der Waals surface area contributed by atoms with E-state index in [4.69, 9.17) is 10.5 Å². The van der Waals surface area contributed by atoms with Gasteiger partial charge in [-0.05, 0) is 25.1 Å².